The lowest BCUT2D eigenvalue weighted by atomic mass is 9.74. The van der Waals surface area contributed by atoms with E-state index in [1.54, 1.807) is 0 Å². The normalized spacial score (nSPS) is 20.9. The van der Waals surface area contributed by atoms with E-state index < -0.39 is 11.8 Å². The van der Waals surface area contributed by atoms with Crippen molar-refractivity contribution in [3.8, 4) is 11.1 Å². The van der Waals surface area contributed by atoms with Crippen LogP contribution in [0, 0.1) is 5.92 Å². The van der Waals surface area contributed by atoms with Gasteiger partial charge in [0.05, 0.1) is 0 Å². The summed E-state index contributed by atoms with van der Waals surface area (Å²) in [6, 6.07) is 16.6. The van der Waals surface area contributed by atoms with Gasteiger partial charge in [0.15, 0.2) is 0 Å². The van der Waals surface area contributed by atoms with Gasteiger partial charge < -0.3 is 0 Å². The topological polar surface area (TPSA) is 0 Å². The lowest BCUT2D eigenvalue weighted by Gasteiger charge is -2.36. The molecule has 164 valence electrons. The van der Waals surface area contributed by atoms with Crippen molar-refractivity contribution in [2.45, 2.75) is 96.3 Å². The van der Waals surface area contributed by atoms with Crippen LogP contribution in [0.3, 0.4) is 0 Å². The van der Waals surface area contributed by atoms with Crippen molar-refractivity contribution in [2.75, 3.05) is 0 Å². The SMILES string of the molecule is CCCCCc1ccc(-c2ccc([C@@H]3CC[C@@H](CCCCC)CC3(F)F)cc2)cc1. The van der Waals surface area contributed by atoms with Crippen molar-refractivity contribution in [1.29, 1.82) is 0 Å². The highest BCUT2D eigenvalue weighted by molar-refractivity contribution is 5.64. The minimum atomic E-state index is -2.59. The molecule has 0 amide bonds. The molecule has 0 unspecified atom stereocenters. The van der Waals surface area contributed by atoms with Crippen LogP contribution in [0.5, 0.6) is 0 Å². The summed E-state index contributed by atoms with van der Waals surface area (Å²) in [7, 11) is 0. The average molecular weight is 413 g/mol. The lowest BCUT2D eigenvalue weighted by Crippen LogP contribution is -2.34. The Kier molecular flexibility index (Phi) is 8.48. The quantitative estimate of drug-likeness (QED) is 0.341. The highest BCUT2D eigenvalue weighted by Gasteiger charge is 2.45. The lowest BCUT2D eigenvalue weighted by molar-refractivity contribution is -0.0737. The Balaban J connectivity index is 1.61. The first-order valence-electron chi connectivity index (χ1n) is 12.1. The molecule has 1 aliphatic rings. The van der Waals surface area contributed by atoms with Crippen LogP contribution >= 0.6 is 0 Å². The second-order valence-corrected chi connectivity index (χ2v) is 9.23. The molecule has 30 heavy (non-hydrogen) atoms. The van der Waals surface area contributed by atoms with Crippen molar-refractivity contribution >= 4 is 0 Å². The molecule has 3 rings (SSSR count). The third-order valence-corrected chi connectivity index (χ3v) is 6.82. The molecule has 0 aromatic heterocycles. The van der Waals surface area contributed by atoms with E-state index in [0.717, 1.165) is 55.2 Å². The van der Waals surface area contributed by atoms with Gasteiger partial charge in [-0.25, -0.2) is 8.78 Å². The van der Waals surface area contributed by atoms with Crippen molar-refractivity contribution in [1.82, 2.24) is 0 Å². The summed E-state index contributed by atoms with van der Waals surface area (Å²) >= 11 is 0. The third kappa shape index (κ3) is 6.15. The van der Waals surface area contributed by atoms with E-state index >= 15 is 0 Å². The molecule has 0 N–H and O–H groups in total. The smallest absolute Gasteiger partial charge is 0.206 e. The van der Waals surface area contributed by atoms with Crippen LogP contribution in [0.4, 0.5) is 8.78 Å². The van der Waals surface area contributed by atoms with Crippen molar-refractivity contribution in [3.63, 3.8) is 0 Å². The zero-order valence-corrected chi connectivity index (χ0v) is 18.8. The third-order valence-electron chi connectivity index (χ3n) is 6.82. The Morgan fingerprint density at radius 1 is 0.767 bits per heavy atom. The number of unbranched alkanes of at least 4 members (excludes halogenated alkanes) is 4. The molecule has 1 fully saturated rings. The molecule has 2 atom stereocenters. The second kappa shape index (κ2) is 11.1. The van der Waals surface area contributed by atoms with E-state index in [1.165, 1.54) is 24.8 Å². The van der Waals surface area contributed by atoms with Crippen LogP contribution in [0.25, 0.3) is 11.1 Å². The highest BCUT2D eigenvalue weighted by Crippen LogP contribution is 2.48. The maximum Gasteiger partial charge on any atom is 0.255 e. The van der Waals surface area contributed by atoms with Crippen LogP contribution in [-0.2, 0) is 6.42 Å². The molecule has 1 aliphatic carbocycles. The first-order chi connectivity index (χ1) is 14.5. The van der Waals surface area contributed by atoms with Gasteiger partial charge in [0.25, 0.3) is 5.92 Å². The maximum absolute atomic E-state index is 14.9. The molecule has 0 nitrogen and oxygen atoms in total. The Hall–Kier alpha value is -1.70. The summed E-state index contributed by atoms with van der Waals surface area (Å²) in [6.07, 6.45) is 10.8. The maximum atomic E-state index is 14.9. The number of alkyl halides is 2. The predicted octanol–water partition coefficient (Wildman–Crippen LogP) is 9.19. The highest BCUT2D eigenvalue weighted by atomic mass is 19.3. The Bertz CT molecular complexity index is 745. The number of rotatable bonds is 10. The van der Waals surface area contributed by atoms with Gasteiger partial charge in [-0.2, -0.15) is 0 Å². The van der Waals surface area contributed by atoms with Crippen LogP contribution in [0.15, 0.2) is 48.5 Å². The fourth-order valence-corrected chi connectivity index (χ4v) is 4.93. The van der Waals surface area contributed by atoms with E-state index in [2.05, 4.69) is 38.1 Å². The molecule has 2 aromatic rings. The Labute approximate surface area is 182 Å². The fraction of sp³-hybridized carbons (Fsp3) is 0.571. The van der Waals surface area contributed by atoms with E-state index in [-0.39, 0.29) is 12.3 Å². The molecular weight excluding hydrogens is 374 g/mol. The summed E-state index contributed by atoms with van der Waals surface area (Å²) in [5.41, 5.74) is 4.44. The molecule has 2 heteroatoms. The van der Waals surface area contributed by atoms with Crippen molar-refractivity contribution in [3.05, 3.63) is 59.7 Å². The van der Waals surface area contributed by atoms with Gasteiger partial charge in [0.1, 0.15) is 0 Å². The minimum Gasteiger partial charge on any atom is -0.206 e. The van der Waals surface area contributed by atoms with Gasteiger partial charge in [0, 0.05) is 12.3 Å². The molecule has 1 saturated carbocycles. The largest absolute Gasteiger partial charge is 0.255 e. The van der Waals surface area contributed by atoms with Crippen LogP contribution in [-0.4, -0.2) is 5.92 Å². The van der Waals surface area contributed by atoms with Crippen LogP contribution in [0.1, 0.15) is 95.1 Å². The number of benzene rings is 2. The summed E-state index contributed by atoms with van der Waals surface area (Å²) in [4.78, 5) is 0. The zero-order chi connectivity index (χ0) is 21.4. The summed E-state index contributed by atoms with van der Waals surface area (Å²) in [5.74, 6) is -3.02. The van der Waals surface area contributed by atoms with E-state index in [1.807, 2.05) is 24.3 Å². The minimum absolute atomic E-state index is 0.0582. The molecule has 2 aromatic carbocycles. The summed E-state index contributed by atoms with van der Waals surface area (Å²) in [5, 5.41) is 0. The van der Waals surface area contributed by atoms with E-state index in [9.17, 15) is 8.78 Å². The van der Waals surface area contributed by atoms with Crippen LogP contribution < -0.4 is 0 Å². The molecule has 0 heterocycles. The van der Waals surface area contributed by atoms with Gasteiger partial charge >= 0.3 is 0 Å². The first-order valence-corrected chi connectivity index (χ1v) is 12.1. The number of aryl methyl sites for hydroxylation is 1. The monoisotopic (exact) mass is 412 g/mol. The standard InChI is InChI=1S/C28H38F2/c1-3-5-7-9-22-11-14-24(15-12-22)25-16-18-26(19-17-25)27-20-13-23(10-8-6-4-2)21-28(27,29)30/h11-12,14-19,23,27H,3-10,13,20-21H2,1-2H3/t23-,27+/m1/s1. The molecule has 0 bridgehead atoms. The number of hydrogen-bond donors (Lipinski definition) is 0. The molecule has 0 radical (unpaired) electrons. The molecule has 0 saturated heterocycles. The summed E-state index contributed by atoms with van der Waals surface area (Å²) < 4.78 is 29.8. The Morgan fingerprint density at radius 3 is 1.97 bits per heavy atom. The molecule has 0 aliphatic heterocycles. The van der Waals surface area contributed by atoms with Gasteiger partial charge in [-0.1, -0.05) is 101 Å². The van der Waals surface area contributed by atoms with Crippen LogP contribution in [0.2, 0.25) is 0 Å². The zero-order valence-electron chi connectivity index (χ0n) is 18.8. The first kappa shape index (κ1) is 23.0. The Morgan fingerprint density at radius 2 is 1.37 bits per heavy atom. The average Bonchev–Trinajstić information content (AvgIpc) is 2.74. The fourth-order valence-electron chi connectivity index (χ4n) is 4.93. The number of halogens is 2. The second-order valence-electron chi connectivity index (χ2n) is 9.23. The van der Waals surface area contributed by atoms with E-state index in [0.29, 0.717) is 6.42 Å². The number of hydrogen-bond acceptors (Lipinski definition) is 0. The van der Waals surface area contributed by atoms with Gasteiger partial charge in [-0.15, -0.1) is 0 Å². The predicted molar refractivity (Wildman–Crippen MR) is 124 cm³/mol. The van der Waals surface area contributed by atoms with Gasteiger partial charge in [0.2, 0.25) is 0 Å². The van der Waals surface area contributed by atoms with Gasteiger partial charge in [-0.05, 0) is 53.9 Å². The summed E-state index contributed by atoms with van der Waals surface area (Å²) in [6.45, 7) is 4.39. The molecular formula is C28H38F2. The van der Waals surface area contributed by atoms with Gasteiger partial charge in [-0.3, -0.25) is 0 Å². The molecule has 0 spiro atoms. The van der Waals surface area contributed by atoms with Crippen molar-refractivity contribution in [2.24, 2.45) is 5.92 Å². The van der Waals surface area contributed by atoms with Crippen molar-refractivity contribution < 1.29 is 8.78 Å². The van der Waals surface area contributed by atoms with E-state index in [4.69, 9.17) is 0 Å².